The van der Waals surface area contributed by atoms with E-state index in [1.165, 1.54) is 25.3 Å². The molecular weight excluding hydrogens is 266 g/mol. The fourth-order valence-electron chi connectivity index (χ4n) is 1.72. The van der Waals surface area contributed by atoms with Crippen molar-refractivity contribution < 1.29 is 23.0 Å². The first-order chi connectivity index (χ1) is 9.63. The van der Waals surface area contributed by atoms with Gasteiger partial charge in [-0.15, -0.1) is 0 Å². The molecule has 2 aromatic carbocycles. The van der Waals surface area contributed by atoms with Crippen LogP contribution in [0.3, 0.4) is 0 Å². The van der Waals surface area contributed by atoms with Gasteiger partial charge in [0.1, 0.15) is 24.5 Å². The second-order valence-corrected chi connectivity index (χ2v) is 4.06. The lowest BCUT2D eigenvalue weighted by molar-refractivity contribution is 0.112. The van der Waals surface area contributed by atoms with Crippen molar-refractivity contribution in [1.29, 1.82) is 0 Å². The van der Waals surface area contributed by atoms with Gasteiger partial charge in [-0.25, -0.2) is 8.78 Å². The maximum Gasteiger partial charge on any atom is 0.171 e. The molecule has 3 nitrogen and oxygen atoms in total. The Morgan fingerprint density at radius 1 is 1.20 bits per heavy atom. The Hall–Kier alpha value is -2.43. The van der Waals surface area contributed by atoms with Crippen LogP contribution in [0.5, 0.6) is 11.5 Å². The molecule has 2 aromatic rings. The molecule has 5 heteroatoms. The number of hydrogen-bond donors (Lipinski definition) is 0. The second kappa shape index (κ2) is 6.14. The van der Waals surface area contributed by atoms with E-state index in [4.69, 9.17) is 9.47 Å². The fourth-order valence-corrected chi connectivity index (χ4v) is 1.72. The predicted octanol–water partition coefficient (Wildman–Crippen LogP) is 3.36. The lowest BCUT2D eigenvalue weighted by atomic mass is 10.2. The molecule has 0 aliphatic carbocycles. The van der Waals surface area contributed by atoms with Crippen molar-refractivity contribution in [2.75, 3.05) is 7.11 Å². The molecule has 2 rings (SSSR count). The molecule has 0 saturated heterocycles. The standard InChI is InChI=1S/C15H12F2O3/c1-19-14-4-2-3-11(15(14)17)9-20-13-6-10(8-18)5-12(16)7-13/h2-8H,9H2,1H3. The van der Waals surface area contributed by atoms with Crippen LogP contribution in [0.4, 0.5) is 8.78 Å². The van der Waals surface area contributed by atoms with Crippen LogP contribution < -0.4 is 9.47 Å². The van der Waals surface area contributed by atoms with E-state index < -0.39 is 11.6 Å². The molecule has 0 bridgehead atoms. The average molecular weight is 278 g/mol. The van der Waals surface area contributed by atoms with E-state index in [9.17, 15) is 13.6 Å². The minimum Gasteiger partial charge on any atom is -0.494 e. The minimum absolute atomic E-state index is 0.0925. The first-order valence-corrected chi connectivity index (χ1v) is 5.84. The zero-order valence-corrected chi connectivity index (χ0v) is 10.7. The number of hydrogen-bond acceptors (Lipinski definition) is 3. The predicted molar refractivity (Wildman–Crippen MR) is 69.1 cm³/mol. The third-order valence-electron chi connectivity index (χ3n) is 2.69. The second-order valence-electron chi connectivity index (χ2n) is 4.06. The molecule has 0 unspecified atom stereocenters. The van der Waals surface area contributed by atoms with Crippen LogP contribution in [-0.4, -0.2) is 13.4 Å². The molecule has 0 aliphatic rings. The lowest BCUT2D eigenvalue weighted by Crippen LogP contribution is -2.01. The third kappa shape index (κ3) is 3.12. The van der Waals surface area contributed by atoms with Gasteiger partial charge in [0.15, 0.2) is 11.6 Å². The van der Waals surface area contributed by atoms with E-state index in [2.05, 4.69) is 0 Å². The largest absolute Gasteiger partial charge is 0.494 e. The lowest BCUT2D eigenvalue weighted by Gasteiger charge is -2.09. The summed E-state index contributed by atoms with van der Waals surface area (Å²) in [5.74, 6) is -0.842. The first kappa shape index (κ1) is 14.0. The van der Waals surface area contributed by atoms with E-state index >= 15 is 0 Å². The Labute approximate surface area is 114 Å². The van der Waals surface area contributed by atoms with Crippen LogP contribution in [0.25, 0.3) is 0 Å². The van der Waals surface area contributed by atoms with Gasteiger partial charge in [0, 0.05) is 17.2 Å². The summed E-state index contributed by atoms with van der Waals surface area (Å²) in [4.78, 5) is 10.6. The highest BCUT2D eigenvalue weighted by Gasteiger charge is 2.09. The molecule has 0 saturated carbocycles. The Morgan fingerprint density at radius 3 is 2.70 bits per heavy atom. The smallest absolute Gasteiger partial charge is 0.171 e. The zero-order chi connectivity index (χ0) is 14.5. The van der Waals surface area contributed by atoms with Crippen LogP contribution in [0.15, 0.2) is 36.4 Å². The molecule has 0 aromatic heterocycles. The van der Waals surface area contributed by atoms with E-state index in [-0.39, 0.29) is 29.2 Å². The summed E-state index contributed by atoms with van der Waals surface area (Å²) in [6, 6.07) is 8.26. The molecule has 0 N–H and O–H groups in total. The van der Waals surface area contributed by atoms with E-state index in [1.54, 1.807) is 6.07 Å². The summed E-state index contributed by atoms with van der Waals surface area (Å²) >= 11 is 0. The van der Waals surface area contributed by atoms with Gasteiger partial charge in [-0.05, 0) is 18.2 Å². The SMILES string of the molecule is COc1cccc(COc2cc(F)cc(C=O)c2)c1F. The van der Waals surface area contributed by atoms with Crippen molar-refractivity contribution in [2.24, 2.45) is 0 Å². The Balaban J connectivity index is 2.16. The van der Waals surface area contributed by atoms with Crippen LogP contribution >= 0.6 is 0 Å². The van der Waals surface area contributed by atoms with E-state index in [0.29, 0.717) is 6.29 Å². The van der Waals surface area contributed by atoms with Crippen molar-refractivity contribution in [2.45, 2.75) is 6.61 Å². The Morgan fingerprint density at radius 2 is 2.00 bits per heavy atom. The first-order valence-electron chi connectivity index (χ1n) is 5.84. The zero-order valence-electron chi connectivity index (χ0n) is 10.7. The maximum atomic E-state index is 13.9. The minimum atomic E-state index is -0.587. The Kier molecular flexibility index (Phi) is 4.30. The maximum absolute atomic E-state index is 13.9. The van der Waals surface area contributed by atoms with Crippen molar-refractivity contribution in [1.82, 2.24) is 0 Å². The number of carbonyl (C=O) groups excluding carboxylic acids is 1. The van der Waals surface area contributed by atoms with Crippen molar-refractivity contribution in [3.05, 3.63) is 59.2 Å². The quantitative estimate of drug-likeness (QED) is 0.787. The van der Waals surface area contributed by atoms with Crippen LogP contribution in [-0.2, 0) is 6.61 Å². The molecular formula is C15H12F2O3. The fraction of sp³-hybridized carbons (Fsp3) is 0.133. The number of carbonyl (C=O) groups is 1. The monoisotopic (exact) mass is 278 g/mol. The number of ether oxygens (including phenoxy) is 2. The molecule has 0 aliphatic heterocycles. The highest BCUT2D eigenvalue weighted by Crippen LogP contribution is 2.22. The van der Waals surface area contributed by atoms with Crippen molar-refractivity contribution >= 4 is 6.29 Å². The molecule has 0 heterocycles. The normalized spacial score (nSPS) is 10.2. The van der Waals surface area contributed by atoms with Gasteiger partial charge in [0.2, 0.25) is 0 Å². The molecule has 20 heavy (non-hydrogen) atoms. The average Bonchev–Trinajstić information content (AvgIpc) is 2.45. The molecule has 0 atom stereocenters. The van der Waals surface area contributed by atoms with Gasteiger partial charge in [-0.3, -0.25) is 4.79 Å². The highest BCUT2D eigenvalue weighted by molar-refractivity contribution is 5.75. The van der Waals surface area contributed by atoms with Crippen molar-refractivity contribution in [3.8, 4) is 11.5 Å². The number of rotatable bonds is 5. The van der Waals surface area contributed by atoms with Crippen LogP contribution in [0.2, 0.25) is 0 Å². The number of halogens is 2. The van der Waals surface area contributed by atoms with Crippen molar-refractivity contribution in [3.63, 3.8) is 0 Å². The Bertz CT molecular complexity index is 627. The summed E-state index contributed by atoms with van der Waals surface area (Å²) < 4.78 is 37.2. The molecule has 104 valence electrons. The van der Waals surface area contributed by atoms with Gasteiger partial charge >= 0.3 is 0 Å². The van der Waals surface area contributed by atoms with E-state index in [0.717, 1.165) is 12.1 Å². The third-order valence-corrected chi connectivity index (χ3v) is 2.69. The van der Waals surface area contributed by atoms with Gasteiger partial charge in [-0.2, -0.15) is 0 Å². The van der Waals surface area contributed by atoms with Crippen LogP contribution in [0.1, 0.15) is 15.9 Å². The van der Waals surface area contributed by atoms with Gasteiger partial charge in [-0.1, -0.05) is 12.1 Å². The number of aldehydes is 1. The van der Waals surface area contributed by atoms with E-state index in [1.807, 2.05) is 0 Å². The summed E-state index contributed by atoms with van der Waals surface area (Å²) in [5, 5.41) is 0. The highest BCUT2D eigenvalue weighted by atomic mass is 19.1. The number of methoxy groups -OCH3 is 1. The summed E-state index contributed by atoms with van der Waals surface area (Å²) in [7, 11) is 1.37. The molecule has 0 fully saturated rings. The van der Waals surface area contributed by atoms with Gasteiger partial charge < -0.3 is 9.47 Å². The summed E-state index contributed by atoms with van der Waals surface area (Å²) in [6.45, 7) is -0.0925. The molecule has 0 spiro atoms. The van der Waals surface area contributed by atoms with Gasteiger partial charge in [0.25, 0.3) is 0 Å². The van der Waals surface area contributed by atoms with Gasteiger partial charge in [0.05, 0.1) is 7.11 Å². The molecule has 0 amide bonds. The summed E-state index contributed by atoms with van der Waals surface area (Å²) in [5.41, 5.74) is 0.437. The topological polar surface area (TPSA) is 35.5 Å². The number of benzene rings is 2. The van der Waals surface area contributed by atoms with Crippen LogP contribution in [0, 0.1) is 11.6 Å². The molecule has 0 radical (unpaired) electrons. The summed E-state index contributed by atoms with van der Waals surface area (Å²) in [6.07, 6.45) is 0.516.